The Labute approximate surface area is 144 Å². The van der Waals surface area contributed by atoms with Crippen molar-refractivity contribution in [3.05, 3.63) is 57.6 Å². The standard InChI is InChI=1S/C18H19ClN4O/c19-17-16(13-7-3-1-4-8-13)18-20-14(11-15(24)23(18)21-17)12-22-9-5-2-6-10-22/h1,3-4,7-8,11,20H,2,5-6,9-10,12H2. The number of aromatic amines is 1. The minimum atomic E-state index is -0.153. The van der Waals surface area contributed by atoms with E-state index in [0.29, 0.717) is 10.8 Å². The normalized spacial score (nSPS) is 15.9. The Kier molecular flexibility index (Phi) is 4.12. The lowest BCUT2D eigenvalue weighted by atomic mass is 10.1. The van der Waals surface area contributed by atoms with Gasteiger partial charge in [0.25, 0.3) is 5.56 Å². The molecular weight excluding hydrogens is 324 g/mol. The molecule has 5 nitrogen and oxygen atoms in total. The highest BCUT2D eigenvalue weighted by Gasteiger charge is 2.17. The predicted octanol–water partition coefficient (Wildman–Crippen LogP) is 3.33. The molecule has 0 amide bonds. The first kappa shape index (κ1) is 15.4. The Morgan fingerprint density at radius 1 is 1.12 bits per heavy atom. The van der Waals surface area contributed by atoms with Crippen molar-refractivity contribution in [2.24, 2.45) is 0 Å². The minimum Gasteiger partial charge on any atom is -0.342 e. The van der Waals surface area contributed by atoms with Crippen molar-refractivity contribution in [2.75, 3.05) is 13.1 Å². The van der Waals surface area contributed by atoms with Crippen LogP contribution in [-0.2, 0) is 6.54 Å². The Hall–Kier alpha value is -2.11. The third-order valence-corrected chi connectivity index (χ3v) is 4.80. The van der Waals surface area contributed by atoms with Gasteiger partial charge in [0.05, 0.1) is 5.56 Å². The molecule has 0 radical (unpaired) electrons. The molecule has 6 heteroatoms. The van der Waals surface area contributed by atoms with Crippen LogP contribution in [0.1, 0.15) is 25.0 Å². The van der Waals surface area contributed by atoms with Gasteiger partial charge in [-0.25, -0.2) is 0 Å². The molecule has 3 aromatic rings. The fourth-order valence-electron chi connectivity index (χ4n) is 3.37. The largest absolute Gasteiger partial charge is 0.342 e. The Bertz CT molecular complexity index is 910. The molecule has 2 aromatic heterocycles. The van der Waals surface area contributed by atoms with E-state index in [4.69, 9.17) is 11.6 Å². The Balaban J connectivity index is 1.79. The highest BCUT2D eigenvalue weighted by Crippen LogP contribution is 2.30. The van der Waals surface area contributed by atoms with Crippen LogP contribution in [0.3, 0.4) is 0 Å². The van der Waals surface area contributed by atoms with E-state index in [0.717, 1.165) is 36.5 Å². The van der Waals surface area contributed by atoms with E-state index in [1.807, 2.05) is 30.3 Å². The van der Waals surface area contributed by atoms with Crippen LogP contribution in [0.2, 0.25) is 5.15 Å². The zero-order valence-electron chi connectivity index (χ0n) is 13.3. The second-order valence-electron chi connectivity index (χ2n) is 6.26. The number of rotatable bonds is 3. The highest BCUT2D eigenvalue weighted by atomic mass is 35.5. The van der Waals surface area contributed by atoms with Crippen LogP contribution in [0.15, 0.2) is 41.2 Å². The lowest BCUT2D eigenvalue weighted by molar-refractivity contribution is 0.218. The van der Waals surface area contributed by atoms with E-state index in [1.165, 1.54) is 23.8 Å². The fourth-order valence-corrected chi connectivity index (χ4v) is 3.64. The SMILES string of the molecule is O=c1cc(CN2CCCCC2)[nH]c2c(-c3ccccc3)c(Cl)nn12. The van der Waals surface area contributed by atoms with Gasteiger partial charge in [-0.2, -0.15) is 9.61 Å². The molecule has 1 saturated heterocycles. The van der Waals surface area contributed by atoms with Gasteiger partial charge in [-0.3, -0.25) is 9.69 Å². The van der Waals surface area contributed by atoms with Crippen molar-refractivity contribution in [3.63, 3.8) is 0 Å². The number of nitrogens with zero attached hydrogens (tertiary/aromatic N) is 3. The van der Waals surface area contributed by atoms with Crippen molar-refractivity contribution in [1.82, 2.24) is 19.5 Å². The number of hydrogen-bond acceptors (Lipinski definition) is 3. The molecule has 1 aliphatic heterocycles. The average Bonchev–Trinajstić information content (AvgIpc) is 2.93. The predicted molar refractivity (Wildman–Crippen MR) is 95.4 cm³/mol. The van der Waals surface area contributed by atoms with E-state index < -0.39 is 0 Å². The Morgan fingerprint density at radius 2 is 1.88 bits per heavy atom. The van der Waals surface area contributed by atoms with Crippen LogP contribution in [0.5, 0.6) is 0 Å². The number of hydrogen-bond donors (Lipinski definition) is 1. The summed E-state index contributed by atoms with van der Waals surface area (Å²) in [5, 5.41) is 4.54. The van der Waals surface area contributed by atoms with Crippen LogP contribution in [0, 0.1) is 0 Å². The van der Waals surface area contributed by atoms with E-state index in [2.05, 4.69) is 15.0 Å². The van der Waals surface area contributed by atoms with Gasteiger partial charge in [0.15, 0.2) is 5.15 Å². The maximum absolute atomic E-state index is 12.4. The fraction of sp³-hybridized carbons (Fsp3) is 0.333. The number of fused-ring (bicyclic) bond motifs is 1. The van der Waals surface area contributed by atoms with E-state index in [9.17, 15) is 4.79 Å². The molecule has 4 rings (SSSR count). The second-order valence-corrected chi connectivity index (χ2v) is 6.62. The topological polar surface area (TPSA) is 53.4 Å². The van der Waals surface area contributed by atoms with E-state index in [-0.39, 0.29) is 5.56 Å². The van der Waals surface area contributed by atoms with Gasteiger partial charge in [-0.1, -0.05) is 48.4 Å². The van der Waals surface area contributed by atoms with E-state index in [1.54, 1.807) is 6.07 Å². The van der Waals surface area contributed by atoms with Crippen molar-refractivity contribution >= 4 is 17.2 Å². The summed E-state index contributed by atoms with van der Waals surface area (Å²) in [7, 11) is 0. The number of likely N-dealkylation sites (tertiary alicyclic amines) is 1. The number of benzene rings is 1. The van der Waals surface area contributed by atoms with Crippen molar-refractivity contribution in [1.29, 1.82) is 0 Å². The summed E-state index contributed by atoms with van der Waals surface area (Å²) in [6, 6.07) is 11.4. The first-order chi connectivity index (χ1) is 11.7. The van der Waals surface area contributed by atoms with Gasteiger partial charge < -0.3 is 4.98 Å². The van der Waals surface area contributed by atoms with Crippen LogP contribution >= 0.6 is 11.6 Å². The minimum absolute atomic E-state index is 0.153. The zero-order chi connectivity index (χ0) is 16.5. The molecule has 1 aromatic carbocycles. The van der Waals surface area contributed by atoms with Crippen LogP contribution in [0.25, 0.3) is 16.8 Å². The summed E-state index contributed by atoms with van der Waals surface area (Å²) in [4.78, 5) is 18.2. The summed E-state index contributed by atoms with van der Waals surface area (Å²) in [6.07, 6.45) is 3.74. The molecule has 3 heterocycles. The van der Waals surface area contributed by atoms with Crippen molar-refractivity contribution in [2.45, 2.75) is 25.8 Å². The van der Waals surface area contributed by atoms with Crippen LogP contribution in [0.4, 0.5) is 0 Å². The average molecular weight is 343 g/mol. The van der Waals surface area contributed by atoms with Gasteiger partial charge in [-0.05, 0) is 31.5 Å². The summed E-state index contributed by atoms with van der Waals surface area (Å²) in [6.45, 7) is 2.92. The molecule has 0 aliphatic carbocycles. The smallest absolute Gasteiger partial charge is 0.274 e. The summed E-state index contributed by atoms with van der Waals surface area (Å²) in [5.41, 5.74) is 3.13. The molecule has 0 saturated carbocycles. The van der Waals surface area contributed by atoms with Crippen LogP contribution < -0.4 is 5.56 Å². The maximum atomic E-state index is 12.4. The number of H-pyrrole nitrogens is 1. The number of piperidine rings is 1. The summed E-state index contributed by atoms with van der Waals surface area (Å²) >= 11 is 6.32. The highest BCUT2D eigenvalue weighted by molar-refractivity contribution is 6.33. The summed E-state index contributed by atoms with van der Waals surface area (Å²) < 4.78 is 1.35. The molecule has 1 fully saturated rings. The third-order valence-electron chi connectivity index (χ3n) is 4.53. The molecule has 1 N–H and O–H groups in total. The number of nitrogens with one attached hydrogen (secondary N) is 1. The van der Waals surface area contributed by atoms with Gasteiger partial charge in [0.2, 0.25) is 0 Å². The van der Waals surface area contributed by atoms with Crippen LogP contribution in [-0.4, -0.2) is 32.6 Å². The molecule has 24 heavy (non-hydrogen) atoms. The van der Waals surface area contributed by atoms with Crippen molar-refractivity contribution in [3.8, 4) is 11.1 Å². The molecule has 1 aliphatic rings. The second kappa shape index (κ2) is 6.42. The molecule has 0 spiro atoms. The third kappa shape index (κ3) is 2.85. The van der Waals surface area contributed by atoms with Gasteiger partial charge in [0, 0.05) is 18.3 Å². The van der Waals surface area contributed by atoms with Gasteiger partial charge in [0.1, 0.15) is 5.65 Å². The molecular formula is C18H19ClN4O. The lowest BCUT2D eigenvalue weighted by Gasteiger charge is -2.26. The molecule has 0 bridgehead atoms. The van der Waals surface area contributed by atoms with E-state index >= 15 is 0 Å². The molecule has 124 valence electrons. The lowest BCUT2D eigenvalue weighted by Crippen LogP contribution is -2.30. The molecule has 0 atom stereocenters. The summed E-state index contributed by atoms with van der Waals surface area (Å²) in [5.74, 6) is 0. The van der Waals surface area contributed by atoms with Gasteiger partial charge in [-0.15, -0.1) is 0 Å². The first-order valence-electron chi connectivity index (χ1n) is 8.30. The number of aromatic nitrogens is 3. The quantitative estimate of drug-likeness (QED) is 0.794. The first-order valence-corrected chi connectivity index (χ1v) is 8.68. The zero-order valence-corrected chi connectivity index (χ0v) is 14.1. The maximum Gasteiger partial charge on any atom is 0.274 e. The number of halogens is 1. The monoisotopic (exact) mass is 342 g/mol. The van der Waals surface area contributed by atoms with Gasteiger partial charge >= 0.3 is 0 Å². The Morgan fingerprint density at radius 3 is 2.62 bits per heavy atom. The van der Waals surface area contributed by atoms with Crippen molar-refractivity contribution < 1.29 is 0 Å². The molecule has 0 unspecified atom stereocenters.